The van der Waals surface area contributed by atoms with Crippen molar-refractivity contribution in [2.24, 2.45) is 0 Å². The van der Waals surface area contributed by atoms with E-state index in [1.807, 2.05) is 83.1 Å². The molecule has 2 amide bonds. The van der Waals surface area contributed by atoms with Crippen molar-refractivity contribution in [2.75, 3.05) is 26.2 Å². The Morgan fingerprint density at radius 3 is 2.18 bits per heavy atom. The molecule has 0 radical (unpaired) electrons. The number of thiazole rings is 1. The van der Waals surface area contributed by atoms with Crippen molar-refractivity contribution in [2.45, 2.75) is 31.7 Å². The predicted molar refractivity (Wildman–Crippen MR) is 189 cm³/mol. The molecule has 0 spiro atoms. The molecule has 50 heavy (non-hydrogen) atoms. The van der Waals surface area contributed by atoms with E-state index in [1.165, 1.54) is 24.3 Å². The Morgan fingerprint density at radius 2 is 1.54 bits per heavy atom. The van der Waals surface area contributed by atoms with Gasteiger partial charge in [-0.05, 0) is 47.0 Å². The van der Waals surface area contributed by atoms with Crippen LogP contribution in [0, 0.1) is 0 Å². The van der Waals surface area contributed by atoms with Crippen LogP contribution < -0.4 is 0 Å². The highest BCUT2D eigenvalue weighted by molar-refractivity contribution is 7.09. The van der Waals surface area contributed by atoms with Crippen molar-refractivity contribution in [3.63, 3.8) is 0 Å². The molecule has 0 unspecified atom stereocenters. The van der Waals surface area contributed by atoms with Crippen LogP contribution in [-0.4, -0.2) is 68.7 Å². The average molecular weight is 696 g/mol. The van der Waals surface area contributed by atoms with Crippen LogP contribution in [0.3, 0.4) is 0 Å². The van der Waals surface area contributed by atoms with Gasteiger partial charge >= 0.3 is 6.18 Å². The van der Waals surface area contributed by atoms with Crippen LogP contribution in [0.1, 0.15) is 27.3 Å². The van der Waals surface area contributed by atoms with E-state index >= 15 is 0 Å². The normalized spacial score (nSPS) is 14.5. The number of nitrogens with zero attached hydrogens (tertiary/aromatic N) is 5. The number of benzene rings is 3. The summed E-state index contributed by atoms with van der Waals surface area (Å²) in [6, 6.07) is 26.8. The van der Waals surface area contributed by atoms with Gasteiger partial charge < -0.3 is 9.80 Å². The first-order chi connectivity index (χ1) is 24.2. The molecule has 0 saturated carbocycles. The zero-order valence-electron chi connectivity index (χ0n) is 27.2. The van der Waals surface area contributed by atoms with Gasteiger partial charge in [0.15, 0.2) is 0 Å². The number of hydrogen-bond acceptors (Lipinski definition) is 6. The number of piperazine rings is 1. The van der Waals surface area contributed by atoms with Gasteiger partial charge in [0.05, 0.1) is 17.8 Å². The molecule has 5 aromatic rings. The molecule has 0 bridgehead atoms. The summed E-state index contributed by atoms with van der Waals surface area (Å²) in [4.78, 5) is 43.1. The van der Waals surface area contributed by atoms with Crippen molar-refractivity contribution < 1.29 is 22.8 Å². The molecule has 1 aliphatic heterocycles. The van der Waals surface area contributed by atoms with Crippen LogP contribution in [-0.2, 0) is 35.3 Å². The molecule has 256 valence electrons. The molecule has 2 aromatic heterocycles. The van der Waals surface area contributed by atoms with E-state index in [0.717, 1.165) is 46.1 Å². The first-order valence-electron chi connectivity index (χ1n) is 16.3. The lowest BCUT2D eigenvalue weighted by molar-refractivity contribution is -0.145. The Balaban J connectivity index is 1.28. The van der Waals surface area contributed by atoms with Crippen molar-refractivity contribution in [1.29, 1.82) is 0 Å². The third-order valence-corrected chi connectivity index (χ3v) is 9.43. The second kappa shape index (κ2) is 16.1. The number of alkyl halides is 3. The van der Waals surface area contributed by atoms with Gasteiger partial charge in [-0.2, -0.15) is 13.2 Å². The van der Waals surface area contributed by atoms with Crippen LogP contribution in [0.4, 0.5) is 13.2 Å². The number of pyridine rings is 1. The SMILES string of the molecule is O=C([C@H](Cc1ccccc1)N(Cc1ccc(-c2ccccn2)cc1)C(=O)C=Cc1ccc(C(F)(F)F)cc1)N1CCN(Cc2nccs2)CC1. The van der Waals surface area contributed by atoms with Gasteiger partial charge in [-0.25, -0.2) is 4.98 Å². The van der Waals surface area contributed by atoms with E-state index < -0.39 is 23.7 Å². The van der Waals surface area contributed by atoms with Gasteiger partial charge in [0.2, 0.25) is 11.8 Å². The number of carbonyl (C=O) groups excluding carboxylic acids is 2. The fourth-order valence-corrected chi connectivity index (χ4v) is 6.58. The fourth-order valence-electron chi connectivity index (χ4n) is 5.93. The molecule has 0 N–H and O–H groups in total. The van der Waals surface area contributed by atoms with Crippen molar-refractivity contribution >= 4 is 29.2 Å². The molecule has 1 fully saturated rings. The van der Waals surface area contributed by atoms with Crippen LogP contribution in [0.5, 0.6) is 0 Å². The average Bonchev–Trinajstić information content (AvgIpc) is 3.66. The van der Waals surface area contributed by atoms with Crippen molar-refractivity contribution in [1.82, 2.24) is 24.7 Å². The van der Waals surface area contributed by atoms with Gasteiger partial charge in [0, 0.05) is 68.6 Å². The van der Waals surface area contributed by atoms with Gasteiger partial charge in [-0.3, -0.25) is 19.5 Å². The van der Waals surface area contributed by atoms with Gasteiger partial charge in [0.1, 0.15) is 11.0 Å². The summed E-state index contributed by atoms with van der Waals surface area (Å²) in [5.74, 6) is -0.570. The minimum absolute atomic E-state index is 0.145. The zero-order chi connectivity index (χ0) is 34.9. The highest BCUT2D eigenvalue weighted by Gasteiger charge is 2.34. The van der Waals surface area contributed by atoms with Crippen LogP contribution in [0.25, 0.3) is 17.3 Å². The molecule has 3 aromatic carbocycles. The highest BCUT2D eigenvalue weighted by atomic mass is 32.1. The van der Waals surface area contributed by atoms with Crippen LogP contribution in [0.15, 0.2) is 121 Å². The topological polar surface area (TPSA) is 69.6 Å². The lowest BCUT2D eigenvalue weighted by Crippen LogP contribution is -2.56. The fraction of sp³-hybridized carbons (Fsp3) is 0.231. The predicted octanol–water partition coefficient (Wildman–Crippen LogP) is 7.22. The van der Waals surface area contributed by atoms with Crippen LogP contribution in [0.2, 0.25) is 0 Å². The Labute approximate surface area is 293 Å². The molecular weight excluding hydrogens is 660 g/mol. The Kier molecular flexibility index (Phi) is 11.1. The second-order valence-corrected chi connectivity index (χ2v) is 13.0. The maximum Gasteiger partial charge on any atom is 0.416 e. The van der Waals surface area contributed by atoms with E-state index in [0.29, 0.717) is 38.2 Å². The standard InChI is InChI=1S/C39H36F3N5O2S/c40-39(41,42)33-16-11-29(12-17-33)13-18-37(48)47(27-31-9-14-32(15-10-31)34-8-4-5-19-43-34)35(26-30-6-2-1-3-7-30)38(49)46-23-21-45(22-24-46)28-36-44-20-25-50-36/h1-20,25,35H,21-24,26-28H2/t35-/m0/s1. The molecule has 1 saturated heterocycles. The van der Waals surface area contributed by atoms with Gasteiger partial charge in [-0.1, -0.05) is 72.8 Å². The summed E-state index contributed by atoms with van der Waals surface area (Å²) in [6.45, 7) is 3.25. The smallest absolute Gasteiger partial charge is 0.338 e. The third kappa shape index (κ3) is 9.10. The molecule has 11 heteroatoms. The minimum Gasteiger partial charge on any atom is -0.338 e. The summed E-state index contributed by atoms with van der Waals surface area (Å²) >= 11 is 1.60. The van der Waals surface area contributed by atoms with Crippen molar-refractivity contribution in [3.8, 4) is 11.3 Å². The third-order valence-electron chi connectivity index (χ3n) is 8.67. The number of aromatic nitrogens is 2. The largest absolute Gasteiger partial charge is 0.416 e. The molecule has 6 rings (SSSR count). The monoisotopic (exact) mass is 695 g/mol. The van der Waals surface area contributed by atoms with Gasteiger partial charge in [0.25, 0.3) is 0 Å². The maximum atomic E-state index is 14.5. The number of amides is 2. The number of hydrogen-bond donors (Lipinski definition) is 0. The van der Waals surface area contributed by atoms with E-state index in [1.54, 1.807) is 28.6 Å². The Bertz CT molecular complexity index is 1860. The second-order valence-electron chi connectivity index (χ2n) is 12.1. The minimum atomic E-state index is -4.46. The molecule has 1 aliphatic rings. The number of halogens is 3. The summed E-state index contributed by atoms with van der Waals surface area (Å²) in [7, 11) is 0. The Hall–Kier alpha value is -5.13. The van der Waals surface area contributed by atoms with E-state index in [2.05, 4.69) is 14.9 Å². The van der Waals surface area contributed by atoms with E-state index in [4.69, 9.17) is 0 Å². The van der Waals surface area contributed by atoms with E-state index in [-0.39, 0.29) is 12.5 Å². The van der Waals surface area contributed by atoms with Crippen LogP contribution >= 0.6 is 11.3 Å². The molecule has 7 nitrogen and oxygen atoms in total. The molecule has 3 heterocycles. The zero-order valence-corrected chi connectivity index (χ0v) is 28.1. The highest BCUT2D eigenvalue weighted by Crippen LogP contribution is 2.29. The molecule has 0 aliphatic carbocycles. The Morgan fingerprint density at radius 1 is 0.820 bits per heavy atom. The lowest BCUT2D eigenvalue weighted by Gasteiger charge is -2.39. The maximum absolute atomic E-state index is 14.5. The van der Waals surface area contributed by atoms with E-state index in [9.17, 15) is 22.8 Å². The molecular formula is C39H36F3N5O2S. The molecule has 1 atom stereocenters. The summed E-state index contributed by atoms with van der Waals surface area (Å²) in [5, 5.41) is 2.98. The lowest BCUT2D eigenvalue weighted by atomic mass is 10.0. The first-order valence-corrected chi connectivity index (χ1v) is 17.2. The van der Waals surface area contributed by atoms with Gasteiger partial charge in [-0.15, -0.1) is 11.3 Å². The quantitative estimate of drug-likeness (QED) is 0.137. The number of rotatable bonds is 11. The first kappa shape index (κ1) is 34.7. The summed E-state index contributed by atoms with van der Waals surface area (Å²) in [5.41, 5.74) is 3.13. The summed E-state index contributed by atoms with van der Waals surface area (Å²) in [6.07, 6.45) is 2.18. The number of carbonyl (C=O) groups is 2. The van der Waals surface area contributed by atoms with Crippen molar-refractivity contribution in [3.05, 3.63) is 148 Å². The summed E-state index contributed by atoms with van der Waals surface area (Å²) < 4.78 is 39.4.